The normalized spacial score (nSPS) is 20.3. The summed E-state index contributed by atoms with van der Waals surface area (Å²) >= 11 is 0.704. The minimum absolute atomic E-state index is 0.0214. The molecule has 180 valence electrons. The molecule has 2 aromatic carbocycles. The van der Waals surface area contributed by atoms with Crippen LogP contribution in [0.4, 0.5) is 18.0 Å². The van der Waals surface area contributed by atoms with Crippen molar-refractivity contribution in [3.8, 4) is 16.9 Å². The first kappa shape index (κ1) is 24.4. The molecule has 0 radical (unpaired) electrons. The Morgan fingerprint density at radius 2 is 1.59 bits per heavy atom. The molecule has 4 rings (SSSR count). The molecule has 1 fully saturated rings. The maximum atomic E-state index is 13.3. The summed E-state index contributed by atoms with van der Waals surface area (Å²) in [6, 6.07) is 8.53. The highest BCUT2D eigenvalue weighted by Gasteiger charge is 2.38. The minimum atomic E-state index is -4.89. The number of hydrogen-bond acceptors (Lipinski definition) is 4. The van der Waals surface area contributed by atoms with Crippen molar-refractivity contribution in [3.05, 3.63) is 57.5 Å². The summed E-state index contributed by atoms with van der Waals surface area (Å²) < 4.78 is 44.4. The van der Waals surface area contributed by atoms with Crippen LogP contribution in [0.15, 0.2) is 35.2 Å². The van der Waals surface area contributed by atoms with Crippen molar-refractivity contribution >= 4 is 29.0 Å². The van der Waals surface area contributed by atoms with E-state index in [-0.39, 0.29) is 21.5 Å². The number of thioether (sulfide) groups is 1. The van der Waals surface area contributed by atoms with Gasteiger partial charge in [0.05, 0.1) is 4.91 Å². The Bertz CT molecular complexity index is 1230. The van der Waals surface area contributed by atoms with Crippen molar-refractivity contribution in [2.75, 3.05) is 0 Å². The third-order valence-electron chi connectivity index (χ3n) is 6.66. The predicted molar refractivity (Wildman–Crippen MR) is 128 cm³/mol. The summed E-state index contributed by atoms with van der Waals surface area (Å²) in [6.45, 7) is 10.6. The van der Waals surface area contributed by atoms with Gasteiger partial charge in [-0.05, 0) is 88.4 Å². The second-order valence-corrected chi connectivity index (χ2v) is 11.2. The van der Waals surface area contributed by atoms with Crippen LogP contribution in [0.1, 0.15) is 62.8 Å². The Kier molecular flexibility index (Phi) is 5.87. The Morgan fingerprint density at radius 1 is 0.971 bits per heavy atom. The average Bonchev–Trinajstić information content (AvgIpc) is 3.01. The molecule has 34 heavy (non-hydrogen) atoms. The van der Waals surface area contributed by atoms with E-state index in [0.29, 0.717) is 28.5 Å². The summed E-state index contributed by atoms with van der Waals surface area (Å²) in [5.74, 6) is -0.930. The van der Waals surface area contributed by atoms with Gasteiger partial charge in [0.25, 0.3) is 11.1 Å². The molecule has 8 heteroatoms. The van der Waals surface area contributed by atoms with E-state index in [1.807, 2.05) is 13.0 Å². The van der Waals surface area contributed by atoms with Crippen LogP contribution in [0, 0.1) is 6.92 Å². The number of ether oxygens (including phenoxy) is 1. The number of amides is 2. The first-order valence-electron chi connectivity index (χ1n) is 11.0. The number of carbonyl (C=O) groups excluding carboxylic acids is 2. The number of hydrogen-bond donors (Lipinski definition) is 1. The van der Waals surface area contributed by atoms with Crippen molar-refractivity contribution in [2.24, 2.45) is 0 Å². The second kappa shape index (κ2) is 8.18. The van der Waals surface area contributed by atoms with Crippen LogP contribution >= 0.6 is 11.8 Å². The van der Waals surface area contributed by atoms with Gasteiger partial charge in [0, 0.05) is 5.56 Å². The zero-order valence-corrected chi connectivity index (χ0v) is 20.5. The lowest BCUT2D eigenvalue weighted by Crippen LogP contribution is -2.34. The van der Waals surface area contributed by atoms with E-state index in [2.05, 4.69) is 43.8 Å². The number of fused-ring (bicyclic) bond motifs is 1. The largest absolute Gasteiger partial charge is 0.573 e. The van der Waals surface area contributed by atoms with E-state index < -0.39 is 17.5 Å². The van der Waals surface area contributed by atoms with Gasteiger partial charge >= 0.3 is 6.36 Å². The number of rotatable bonds is 3. The number of nitrogens with one attached hydrogen (secondary N) is 1. The smallest absolute Gasteiger partial charge is 0.405 e. The fraction of sp³-hybridized carbons (Fsp3) is 0.385. The van der Waals surface area contributed by atoms with Gasteiger partial charge in [-0.3, -0.25) is 14.9 Å². The number of benzene rings is 2. The van der Waals surface area contributed by atoms with E-state index in [1.165, 1.54) is 17.7 Å². The fourth-order valence-electron chi connectivity index (χ4n) is 4.65. The molecule has 1 aliphatic carbocycles. The predicted octanol–water partition coefficient (Wildman–Crippen LogP) is 7.23. The van der Waals surface area contributed by atoms with Crippen molar-refractivity contribution in [2.45, 2.75) is 64.7 Å². The molecular formula is C26H26F3NO3S. The fourth-order valence-corrected chi connectivity index (χ4v) is 5.33. The van der Waals surface area contributed by atoms with Crippen LogP contribution in [-0.4, -0.2) is 17.5 Å². The highest BCUT2D eigenvalue weighted by molar-refractivity contribution is 8.18. The quantitative estimate of drug-likeness (QED) is 0.462. The molecule has 2 aromatic rings. The summed E-state index contributed by atoms with van der Waals surface area (Å²) in [5, 5.41) is 1.61. The van der Waals surface area contributed by atoms with E-state index in [9.17, 15) is 22.8 Å². The molecule has 1 saturated heterocycles. The Morgan fingerprint density at radius 3 is 2.15 bits per heavy atom. The van der Waals surface area contributed by atoms with E-state index in [4.69, 9.17) is 0 Å². The van der Waals surface area contributed by atoms with Crippen LogP contribution in [0.2, 0.25) is 0 Å². The lowest BCUT2D eigenvalue weighted by Gasteiger charge is -2.42. The SMILES string of the molecule is Cc1cc2c(cc1-c1ccc(C=C3SC(=O)NC3=O)cc1OC(F)(F)F)C(C)(C)CCC2(C)C. The number of alkyl halides is 3. The van der Waals surface area contributed by atoms with Gasteiger partial charge in [-0.1, -0.05) is 45.9 Å². The van der Waals surface area contributed by atoms with E-state index in [1.54, 1.807) is 12.1 Å². The average molecular weight is 490 g/mol. The van der Waals surface area contributed by atoms with Crippen LogP contribution in [-0.2, 0) is 15.6 Å². The molecule has 0 spiro atoms. The number of halogens is 3. The minimum Gasteiger partial charge on any atom is -0.405 e. The Balaban J connectivity index is 1.87. The molecule has 0 aromatic heterocycles. The Hall–Kier alpha value is -2.74. The van der Waals surface area contributed by atoms with Crippen LogP contribution in [0.25, 0.3) is 17.2 Å². The lowest BCUT2D eigenvalue weighted by atomic mass is 9.62. The Labute approximate surface area is 201 Å². The molecule has 1 N–H and O–H groups in total. The molecule has 0 unspecified atom stereocenters. The van der Waals surface area contributed by atoms with Crippen molar-refractivity contribution in [1.29, 1.82) is 0 Å². The van der Waals surface area contributed by atoms with Gasteiger partial charge in [-0.25, -0.2) is 0 Å². The zero-order chi connectivity index (χ0) is 25.1. The molecule has 2 amide bonds. The summed E-state index contributed by atoms with van der Waals surface area (Å²) in [5.41, 5.74) is 4.40. The topological polar surface area (TPSA) is 55.4 Å². The number of carbonyl (C=O) groups is 2. The highest BCUT2D eigenvalue weighted by Crippen LogP contribution is 2.48. The van der Waals surface area contributed by atoms with E-state index in [0.717, 1.165) is 24.0 Å². The molecular weight excluding hydrogens is 463 g/mol. The van der Waals surface area contributed by atoms with Gasteiger partial charge in [0.15, 0.2) is 0 Å². The first-order chi connectivity index (χ1) is 15.7. The maximum absolute atomic E-state index is 13.3. The molecule has 1 heterocycles. The molecule has 4 nitrogen and oxygen atoms in total. The van der Waals surface area contributed by atoms with E-state index >= 15 is 0 Å². The third kappa shape index (κ3) is 4.73. The van der Waals surface area contributed by atoms with Crippen LogP contribution in [0.5, 0.6) is 5.75 Å². The first-order valence-corrected chi connectivity index (χ1v) is 11.8. The molecule has 0 saturated carbocycles. The van der Waals surface area contributed by atoms with Gasteiger partial charge < -0.3 is 4.74 Å². The molecule has 1 aliphatic heterocycles. The van der Waals surface area contributed by atoms with Crippen molar-refractivity contribution < 1.29 is 27.5 Å². The lowest BCUT2D eigenvalue weighted by molar-refractivity contribution is -0.274. The van der Waals surface area contributed by atoms with Crippen LogP contribution in [0.3, 0.4) is 0 Å². The molecule has 2 aliphatic rings. The third-order valence-corrected chi connectivity index (χ3v) is 7.47. The summed E-state index contributed by atoms with van der Waals surface area (Å²) in [6.07, 6.45) is -1.50. The van der Waals surface area contributed by atoms with Crippen molar-refractivity contribution in [1.82, 2.24) is 5.32 Å². The monoisotopic (exact) mass is 489 g/mol. The number of imide groups is 1. The van der Waals surface area contributed by atoms with Gasteiger partial charge in [0.1, 0.15) is 5.75 Å². The number of aryl methyl sites for hydroxylation is 1. The van der Waals surface area contributed by atoms with Gasteiger partial charge in [0.2, 0.25) is 0 Å². The highest BCUT2D eigenvalue weighted by atomic mass is 32.2. The zero-order valence-electron chi connectivity index (χ0n) is 19.6. The van der Waals surface area contributed by atoms with Gasteiger partial charge in [-0.15, -0.1) is 13.2 Å². The standard InChI is InChI=1S/C26H26F3NO3S/c1-14-10-18-19(25(4,5)9-8-24(18,2)3)13-17(14)16-7-6-15(11-20(16)33-26(27,28)29)12-21-22(31)30-23(32)34-21/h6-7,10-13H,8-9H2,1-5H3,(H,30,31,32). The van der Waals surface area contributed by atoms with Gasteiger partial charge in [-0.2, -0.15) is 0 Å². The maximum Gasteiger partial charge on any atom is 0.573 e. The van der Waals surface area contributed by atoms with Crippen LogP contribution < -0.4 is 10.1 Å². The van der Waals surface area contributed by atoms with Crippen molar-refractivity contribution in [3.63, 3.8) is 0 Å². The molecule has 0 atom stereocenters. The summed E-state index contributed by atoms with van der Waals surface area (Å²) in [7, 11) is 0. The molecule has 0 bridgehead atoms. The summed E-state index contributed by atoms with van der Waals surface area (Å²) in [4.78, 5) is 23.4. The second-order valence-electron chi connectivity index (χ2n) is 10.1.